The van der Waals surface area contributed by atoms with E-state index in [0.29, 0.717) is 32.2 Å². The number of anilines is 2. The minimum Gasteiger partial charge on any atom is -0.481 e. The van der Waals surface area contributed by atoms with Gasteiger partial charge < -0.3 is 15.3 Å². The standard InChI is InChI=1S/C18H22N2O4/c1-11(21)20-9-8-14-10-15(6-7-16(14)20)19-17(22)12-2-4-13(5-3-12)18(23)24/h6-7,10,12-13H,2-5,8-9H2,1H3,(H,19,22)(H,23,24). The van der Waals surface area contributed by atoms with Gasteiger partial charge in [0, 0.05) is 30.8 Å². The van der Waals surface area contributed by atoms with Crippen LogP contribution in [0.3, 0.4) is 0 Å². The molecule has 3 rings (SSSR count). The molecule has 2 N–H and O–H groups in total. The summed E-state index contributed by atoms with van der Waals surface area (Å²) in [5.41, 5.74) is 2.73. The Balaban J connectivity index is 1.62. The smallest absolute Gasteiger partial charge is 0.306 e. The maximum Gasteiger partial charge on any atom is 0.306 e. The number of nitrogens with one attached hydrogen (secondary N) is 1. The third kappa shape index (κ3) is 3.27. The van der Waals surface area contributed by atoms with E-state index in [1.165, 1.54) is 0 Å². The van der Waals surface area contributed by atoms with Gasteiger partial charge in [-0.3, -0.25) is 14.4 Å². The van der Waals surface area contributed by atoms with Gasteiger partial charge in [-0.2, -0.15) is 0 Å². The number of fused-ring (bicyclic) bond motifs is 1. The molecule has 0 saturated heterocycles. The second kappa shape index (κ2) is 6.63. The van der Waals surface area contributed by atoms with Crippen molar-refractivity contribution in [3.05, 3.63) is 23.8 Å². The van der Waals surface area contributed by atoms with Crippen LogP contribution >= 0.6 is 0 Å². The largest absolute Gasteiger partial charge is 0.481 e. The quantitative estimate of drug-likeness (QED) is 0.891. The Hall–Kier alpha value is -2.37. The van der Waals surface area contributed by atoms with E-state index in [4.69, 9.17) is 5.11 Å². The SMILES string of the molecule is CC(=O)N1CCc2cc(NC(=O)C3CCC(C(=O)O)CC3)ccc21. The highest BCUT2D eigenvalue weighted by atomic mass is 16.4. The summed E-state index contributed by atoms with van der Waals surface area (Å²) in [5, 5.41) is 12.0. The van der Waals surface area contributed by atoms with Gasteiger partial charge in [-0.1, -0.05) is 0 Å². The zero-order valence-electron chi connectivity index (χ0n) is 13.7. The molecule has 0 spiro atoms. The van der Waals surface area contributed by atoms with Crippen LogP contribution in [-0.2, 0) is 20.8 Å². The molecule has 6 nitrogen and oxygen atoms in total. The predicted molar refractivity (Wildman–Crippen MR) is 89.9 cm³/mol. The fraction of sp³-hybridized carbons (Fsp3) is 0.500. The van der Waals surface area contributed by atoms with Crippen molar-refractivity contribution >= 4 is 29.2 Å². The van der Waals surface area contributed by atoms with Crippen LogP contribution in [0.5, 0.6) is 0 Å². The lowest BCUT2D eigenvalue weighted by Gasteiger charge is -2.25. The third-order valence-electron chi connectivity index (χ3n) is 5.07. The number of nitrogens with zero attached hydrogens (tertiary/aromatic N) is 1. The zero-order chi connectivity index (χ0) is 17.3. The molecule has 0 aromatic heterocycles. The minimum atomic E-state index is -0.762. The molecule has 128 valence electrons. The molecule has 6 heteroatoms. The number of amides is 2. The Morgan fingerprint density at radius 3 is 2.42 bits per heavy atom. The van der Waals surface area contributed by atoms with E-state index in [2.05, 4.69) is 5.32 Å². The number of carboxylic acids is 1. The number of carboxylic acid groups (broad SMARTS) is 1. The molecule has 1 aromatic rings. The van der Waals surface area contributed by atoms with Crippen molar-refractivity contribution < 1.29 is 19.5 Å². The van der Waals surface area contributed by atoms with Crippen LogP contribution in [0.4, 0.5) is 11.4 Å². The first-order chi connectivity index (χ1) is 11.5. The molecule has 0 radical (unpaired) electrons. The zero-order valence-corrected chi connectivity index (χ0v) is 13.7. The van der Waals surface area contributed by atoms with E-state index in [1.54, 1.807) is 11.8 Å². The number of rotatable bonds is 3. The van der Waals surface area contributed by atoms with Crippen LogP contribution in [0, 0.1) is 11.8 Å². The van der Waals surface area contributed by atoms with Gasteiger partial charge in [0.25, 0.3) is 0 Å². The number of benzene rings is 1. The van der Waals surface area contributed by atoms with E-state index in [0.717, 1.165) is 23.4 Å². The topological polar surface area (TPSA) is 86.7 Å². The average molecular weight is 330 g/mol. The molecule has 1 fully saturated rings. The first kappa shape index (κ1) is 16.5. The highest BCUT2D eigenvalue weighted by Gasteiger charge is 2.30. The van der Waals surface area contributed by atoms with E-state index in [9.17, 15) is 14.4 Å². The van der Waals surface area contributed by atoms with Crippen molar-refractivity contribution in [2.45, 2.75) is 39.0 Å². The fourth-order valence-electron chi connectivity index (χ4n) is 3.65. The molecule has 0 atom stereocenters. The van der Waals surface area contributed by atoms with Gasteiger partial charge in [0.1, 0.15) is 0 Å². The Kier molecular flexibility index (Phi) is 4.55. The predicted octanol–water partition coefficient (Wildman–Crippen LogP) is 2.43. The molecular weight excluding hydrogens is 308 g/mol. The van der Waals surface area contributed by atoms with Crippen molar-refractivity contribution in [2.24, 2.45) is 11.8 Å². The summed E-state index contributed by atoms with van der Waals surface area (Å²) in [6.07, 6.45) is 3.15. The molecule has 1 heterocycles. The summed E-state index contributed by atoms with van der Waals surface area (Å²) >= 11 is 0. The van der Waals surface area contributed by atoms with E-state index in [1.807, 2.05) is 18.2 Å². The number of hydrogen-bond donors (Lipinski definition) is 2. The Morgan fingerprint density at radius 1 is 1.12 bits per heavy atom. The lowest BCUT2D eigenvalue weighted by molar-refractivity contribution is -0.143. The van der Waals surface area contributed by atoms with Crippen LogP contribution in [-0.4, -0.2) is 29.4 Å². The Labute approximate surface area is 140 Å². The van der Waals surface area contributed by atoms with Crippen molar-refractivity contribution in [3.8, 4) is 0 Å². The summed E-state index contributed by atoms with van der Waals surface area (Å²) < 4.78 is 0. The van der Waals surface area contributed by atoms with Gasteiger partial charge in [0.05, 0.1) is 5.92 Å². The van der Waals surface area contributed by atoms with Crippen LogP contribution in [0.15, 0.2) is 18.2 Å². The van der Waals surface area contributed by atoms with Crippen molar-refractivity contribution in [1.82, 2.24) is 0 Å². The fourth-order valence-corrected chi connectivity index (χ4v) is 3.65. The lowest BCUT2D eigenvalue weighted by Crippen LogP contribution is -2.29. The highest BCUT2D eigenvalue weighted by Crippen LogP contribution is 2.32. The molecule has 1 aliphatic carbocycles. The monoisotopic (exact) mass is 330 g/mol. The number of hydrogen-bond acceptors (Lipinski definition) is 3. The van der Waals surface area contributed by atoms with Crippen LogP contribution in [0.25, 0.3) is 0 Å². The Morgan fingerprint density at radius 2 is 1.79 bits per heavy atom. The van der Waals surface area contributed by atoms with Crippen LogP contribution < -0.4 is 10.2 Å². The van der Waals surface area contributed by atoms with Crippen LogP contribution in [0.1, 0.15) is 38.2 Å². The summed E-state index contributed by atoms with van der Waals surface area (Å²) in [6, 6.07) is 5.63. The molecule has 1 saturated carbocycles. The normalized spacial score (nSPS) is 22.8. The first-order valence-corrected chi connectivity index (χ1v) is 8.40. The molecule has 2 amide bonds. The Bertz CT molecular complexity index is 678. The molecule has 0 unspecified atom stereocenters. The molecule has 1 aromatic carbocycles. The highest BCUT2D eigenvalue weighted by molar-refractivity contribution is 5.96. The molecule has 1 aliphatic heterocycles. The number of aliphatic carboxylic acids is 1. The maximum absolute atomic E-state index is 12.4. The van der Waals surface area contributed by atoms with Crippen molar-refractivity contribution in [3.63, 3.8) is 0 Å². The maximum atomic E-state index is 12.4. The van der Waals surface area contributed by atoms with E-state index >= 15 is 0 Å². The van der Waals surface area contributed by atoms with E-state index in [-0.39, 0.29) is 23.7 Å². The summed E-state index contributed by atoms with van der Waals surface area (Å²) in [6.45, 7) is 2.24. The second-order valence-electron chi connectivity index (χ2n) is 6.64. The molecule has 24 heavy (non-hydrogen) atoms. The van der Waals surface area contributed by atoms with Gasteiger partial charge in [0.15, 0.2) is 0 Å². The molecule has 2 aliphatic rings. The molecule has 0 bridgehead atoms. The third-order valence-corrected chi connectivity index (χ3v) is 5.07. The van der Waals surface area contributed by atoms with Crippen molar-refractivity contribution in [1.29, 1.82) is 0 Å². The van der Waals surface area contributed by atoms with Gasteiger partial charge in [-0.25, -0.2) is 0 Å². The first-order valence-electron chi connectivity index (χ1n) is 8.40. The van der Waals surface area contributed by atoms with Gasteiger partial charge in [-0.15, -0.1) is 0 Å². The van der Waals surface area contributed by atoms with Gasteiger partial charge in [-0.05, 0) is 55.9 Å². The van der Waals surface area contributed by atoms with Gasteiger partial charge in [0.2, 0.25) is 11.8 Å². The average Bonchev–Trinajstić information content (AvgIpc) is 2.98. The number of carbonyl (C=O) groups is 3. The van der Waals surface area contributed by atoms with Crippen molar-refractivity contribution in [2.75, 3.05) is 16.8 Å². The second-order valence-corrected chi connectivity index (χ2v) is 6.64. The minimum absolute atomic E-state index is 0.0284. The number of carbonyl (C=O) groups excluding carboxylic acids is 2. The summed E-state index contributed by atoms with van der Waals surface area (Å²) in [7, 11) is 0. The van der Waals surface area contributed by atoms with Crippen LogP contribution in [0.2, 0.25) is 0 Å². The summed E-state index contributed by atoms with van der Waals surface area (Å²) in [4.78, 5) is 36.7. The lowest BCUT2D eigenvalue weighted by atomic mass is 9.81. The van der Waals surface area contributed by atoms with Gasteiger partial charge >= 0.3 is 5.97 Å². The summed E-state index contributed by atoms with van der Waals surface area (Å²) in [5.74, 6) is -1.21. The van der Waals surface area contributed by atoms with E-state index < -0.39 is 5.97 Å². The molecular formula is C18H22N2O4.